The molecule has 3 aromatic rings. The minimum atomic E-state index is -0.376. The minimum Gasteiger partial charge on any atom is -0.449 e. The number of hydrogen-bond acceptors (Lipinski definition) is 7. The van der Waals surface area contributed by atoms with E-state index in [-0.39, 0.29) is 12.0 Å². The van der Waals surface area contributed by atoms with E-state index in [1.807, 2.05) is 37.3 Å². The van der Waals surface area contributed by atoms with E-state index < -0.39 is 0 Å². The van der Waals surface area contributed by atoms with Gasteiger partial charge in [0.25, 0.3) is 5.91 Å². The third-order valence-corrected chi connectivity index (χ3v) is 5.58. The molecule has 0 saturated heterocycles. The van der Waals surface area contributed by atoms with Crippen molar-refractivity contribution in [2.45, 2.75) is 13.3 Å². The van der Waals surface area contributed by atoms with Crippen molar-refractivity contribution in [2.75, 3.05) is 36.2 Å². The summed E-state index contributed by atoms with van der Waals surface area (Å²) in [5.74, 6) is 0.468. The molecule has 1 aromatic heterocycles. The van der Waals surface area contributed by atoms with Gasteiger partial charge in [-0.05, 0) is 42.3 Å². The molecule has 0 radical (unpaired) electrons. The molecule has 9 nitrogen and oxygen atoms in total. The van der Waals surface area contributed by atoms with Crippen molar-refractivity contribution in [3.63, 3.8) is 0 Å². The van der Waals surface area contributed by atoms with Crippen molar-refractivity contribution < 1.29 is 14.3 Å². The van der Waals surface area contributed by atoms with Crippen LogP contribution < -0.4 is 20.9 Å². The highest BCUT2D eigenvalue weighted by atomic mass is 35.5. The number of halogens is 1. The molecule has 2 amide bonds. The third kappa shape index (κ3) is 4.68. The first-order chi connectivity index (χ1) is 15.9. The Kier molecular flexibility index (Phi) is 6.32. The molecule has 0 fully saturated rings. The Hall–Kier alpha value is -3.85. The van der Waals surface area contributed by atoms with Crippen LogP contribution in [0.4, 0.5) is 33.6 Å². The van der Waals surface area contributed by atoms with Crippen LogP contribution in [0.25, 0.3) is 0 Å². The fraction of sp³-hybridized carbons (Fsp3) is 0.217. The van der Waals surface area contributed by atoms with Gasteiger partial charge in [0.05, 0.1) is 29.7 Å². The van der Waals surface area contributed by atoms with E-state index in [4.69, 9.17) is 16.3 Å². The lowest BCUT2D eigenvalue weighted by atomic mass is 10.1. The fourth-order valence-corrected chi connectivity index (χ4v) is 3.69. The predicted octanol–water partition coefficient (Wildman–Crippen LogP) is 4.41. The van der Waals surface area contributed by atoms with Gasteiger partial charge in [0.2, 0.25) is 5.95 Å². The normalized spacial score (nSPS) is 13.0. The maximum atomic E-state index is 12.3. The number of cyclic esters (lactones) is 1. The summed E-state index contributed by atoms with van der Waals surface area (Å²) in [6.45, 7) is 2.21. The smallest absolute Gasteiger partial charge is 0.414 e. The number of benzene rings is 2. The highest BCUT2D eigenvalue weighted by molar-refractivity contribution is 6.33. The van der Waals surface area contributed by atoms with Gasteiger partial charge in [-0.15, -0.1) is 0 Å². The molecular formula is C23H23ClN6O3. The number of nitrogens with zero attached hydrogens (tertiary/aromatic N) is 3. The Bertz CT molecular complexity index is 1230. The lowest BCUT2D eigenvalue weighted by Gasteiger charge is -2.17. The summed E-state index contributed by atoms with van der Waals surface area (Å²) in [7, 11) is 3.26. The Labute approximate surface area is 196 Å². The van der Waals surface area contributed by atoms with Crippen LogP contribution in [-0.2, 0) is 11.2 Å². The first-order valence-corrected chi connectivity index (χ1v) is 10.7. The lowest BCUT2D eigenvalue weighted by Crippen LogP contribution is -2.25. The van der Waals surface area contributed by atoms with Crippen molar-refractivity contribution in [3.8, 4) is 0 Å². The van der Waals surface area contributed by atoms with Crippen LogP contribution >= 0.6 is 11.6 Å². The molecule has 3 N–H and O–H groups in total. The third-order valence-electron chi connectivity index (χ3n) is 5.30. The number of amides is 2. The first kappa shape index (κ1) is 22.3. The van der Waals surface area contributed by atoms with E-state index in [2.05, 4.69) is 25.9 Å². The van der Waals surface area contributed by atoms with Crippen molar-refractivity contribution >= 4 is 52.4 Å². The van der Waals surface area contributed by atoms with Gasteiger partial charge in [-0.25, -0.2) is 9.78 Å². The molecule has 0 atom stereocenters. The molecule has 0 spiro atoms. The van der Waals surface area contributed by atoms with Crippen molar-refractivity contribution in [1.82, 2.24) is 15.3 Å². The van der Waals surface area contributed by atoms with Crippen LogP contribution in [-0.4, -0.2) is 42.7 Å². The van der Waals surface area contributed by atoms with Crippen molar-refractivity contribution in [1.29, 1.82) is 0 Å². The molecule has 0 bridgehead atoms. The zero-order valence-corrected chi connectivity index (χ0v) is 19.2. The van der Waals surface area contributed by atoms with Gasteiger partial charge >= 0.3 is 6.09 Å². The summed E-state index contributed by atoms with van der Waals surface area (Å²) in [5, 5.41) is 9.30. The molecule has 170 valence electrons. The summed E-state index contributed by atoms with van der Waals surface area (Å²) in [5.41, 5.74) is 4.48. The molecular weight excluding hydrogens is 444 g/mol. The Morgan fingerprint density at radius 3 is 2.82 bits per heavy atom. The molecule has 33 heavy (non-hydrogen) atoms. The molecule has 1 aliphatic rings. The van der Waals surface area contributed by atoms with Crippen LogP contribution in [0.2, 0.25) is 5.02 Å². The number of para-hydroxylation sites is 1. The molecule has 0 unspecified atom stereocenters. The summed E-state index contributed by atoms with van der Waals surface area (Å²) in [6, 6.07) is 11.1. The number of fused-ring (bicyclic) bond motifs is 1. The topological polar surface area (TPSA) is 108 Å². The second-order valence-electron chi connectivity index (χ2n) is 7.48. The molecule has 4 rings (SSSR count). The number of anilines is 5. The molecule has 0 aliphatic carbocycles. The van der Waals surface area contributed by atoms with E-state index in [1.54, 1.807) is 20.2 Å². The van der Waals surface area contributed by atoms with Crippen molar-refractivity contribution in [3.05, 3.63) is 64.3 Å². The van der Waals surface area contributed by atoms with Crippen LogP contribution in [0.1, 0.15) is 21.5 Å². The summed E-state index contributed by atoms with van der Waals surface area (Å²) >= 11 is 6.34. The van der Waals surface area contributed by atoms with Gasteiger partial charge in [0.15, 0.2) is 5.82 Å². The fourth-order valence-electron chi connectivity index (χ4n) is 3.55. The molecule has 2 heterocycles. The number of nitrogens with one attached hydrogen (secondary N) is 3. The van der Waals surface area contributed by atoms with Gasteiger partial charge in [-0.3, -0.25) is 9.69 Å². The number of aromatic nitrogens is 2. The monoisotopic (exact) mass is 466 g/mol. The van der Waals surface area contributed by atoms with Crippen LogP contribution in [0.3, 0.4) is 0 Å². The quantitative estimate of drug-likeness (QED) is 0.511. The minimum absolute atomic E-state index is 0.220. The van der Waals surface area contributed by atoms with E-state index in [0.29, 0.717) is 41.1 Å². The van der Waals surface area contributed by atoms with Crippen LogP contribution in [0, 0.1) is 6.92 Å². The molecule has 1 aliphatic heterocycles. The standard InChI is InChI=1S/C23H23ClN6O3/c1-13-5-4-6-16(21(31)25-2)19(13)28-20-17(24)12-26-22(29-20)27-15-7-8-18-14(11-15)9-10-33-23(32)30(18)3/h4-8,11-12H,9-10H2,1-3H3,(H,25,31)(H2,26,27,28,29). The number of hydrogen-bond donors (Lipinski definition) is 3. The average Bonchev–Trinajstić information content (AvgIpc) is 2.94. The second-order valence-corrected chi connectivity index (χ2v) is 7.89. The molecule has 2 aromatic carbocycles. The van der Waals surface area contributed by atoms with Gasteiger partial charge in [-0.2, -0.15) is 4.98 Å². The molecule has 0 saturated carbocycles. The zero-order valence-electron chi connectivity index (χ0n) is 18.4. The van der Waals surface area contributed by atoms with Crippen LogP contribution in [0.5, 0.6) is 0 Å². The van der Waals surface area contributed by atoms with Gasteiger partial charge in [0.1, 0.15) is 5.02 Å². The zero-order chi connectivity index (χ0) is 23.5. The molecule has 10 heteroatoms. The number of rotatable bonds is 5. The predicted molar refractivity (Wildman–Crippen MR) is 128 cm³/mol. The maximum Gasteiger partial charge on any atom is 0.414 e. The Balaban J connectivity index is 1.61. The van der Waals surface area contributed by atoms with E-state index in [0.717, 1.165) is 22.5 Å². The van der Waals surface area contributed by atoms with E-state index >= 15 is 0 Å². The first-order valence-electron chi connectivity index (χ1n) is 10.3. The second kappa shape index (κ2) is 9.33. The van der Waals surface area contributed by atoms with Crippen LogP contribution in [0.15, 0.2) is 42.6 Å². The van der Waals surface area contributed by atoms with E-state index in [1.165, 1.54) is 11.1 Å². The largest absolute Gasteiger partial charge is 0.449 e. The number of carbonyl (C=O) groups is 2. The summed E-state index contributed by atoms with van der Waals surface area (Å²) in [4.78, 5) is 34.5. The summed E-state index contributed by atoms with van der Waals surface area (Å²) in [6.07, 6.45) is 1.71. The average molecular weight is 467 g/mol. The maximum absolute atomic E-state index is 12.3. The number of ether oxygens (including phenoxy) is 1. The highest BCUT2D eigenvalue weighted by Crippen LogP contribution is 2.31. The Morgan fingerprint density at radius 2 is 2.03 bits per heavy atom. The number of carbonyl (C=O) groups excluding carboxylic acids is 2. The summed E-state index contributed by atoms with van der Waals surface area (Å²) < 4.78 is 5.18. The van der Waals surface area contributed by atoms with Gasteiger partial charge in [0, 0.05) is 26.2 Å². The SMILES string of the molecule is CNC(=O)c1cccc(C)c1Nc1nc(Nc2ccc3c(c2)CCOC(=O)N3C)ncc1Cl. The lowest BCUT2D eigenvalue weighted by molar-refractivity contribution is 0.0963. The highest BCUT2D eigenvalue weighted by Gasteiger charge is 2.20. The van der Waals surface area contributed by atoms with E-state index in [9.17, 15) is 9.59 Å². The van der Waals surface area contributed by atoms with Gasteiger partial charge in [-0.1, -0.05) is 23.7 Å². The Morgan fingerprint density at radius 1 is 1.21 bits per heavy atom. The van der Waals surface area contributed by atoms with Crippen molar-refractivity contribution in [2.24, 2.45) is 0 Å². The number of aryl methyl sites for hydroxylation is 1. The van der Waals surface area contributed by atoms with Gasteiger partial charge < -0.3 is 20.7 Å².